The Labute approximate surface area is 111 Å². The van der Waals surface area contributed by atoms with Gasteiger partial charge < -0.3 is 5.32 Å². The molecule has 0 saturated heterocycles. The van der Waals surface area contributed by atoms with Crippen molar-refractivity contribution < 1.29 is 4.79 Å². The number of aromatic nitrogens is 1. The Morgan fingerprint density at radius 3 is 3.00 bits per heavy atom. The van der Waals surface area contributed by atoms with Crippen molar-refractivity contribution >= 4 is 28.8 Å². The van der Waals surface area contributed by atoms with E-state index in [4.69, 9.17) is 11.6 Å². The Morgan fingerprint density at radius 1 is 1.59 bits per heavy atom. The van der Waals surface area contributed by atoms with E-state index < -0.39 is 0 Å². The molecule has 17 heavy (non-hydrogen) atoms. The van der Waals surface area contributed by atoms with E-state index in [0.717, 1.165) is 17.1 Å². The minimum absolute atomic E-state index is 0.00484. The molecule has 1 heterocycles. The predicted molar refractivity (Wildman–Crippen MR) is 70.7 cm³/mol. The molecule has 0 radical (unpaired) electrons. The van der Waals surface area contributed by atoms with Gasteiger partial charge in [-0.3, -0.25) is 4.79 Å². The number of carbonyl (C=O) groups is 1. The zero-order valence-electron chi connectivity index (χ0n) is 9.91. The highest BCUT2D eigenvalue weighted by atomic mass is 35.5. The van der Waals surface area contributed by atoms with Crippen molar-refractivity contribution in [3.63, 3.8) is 0 Å². The third-order valence-electron chi connectivity index (χ3n) is 3.49. The van der Waals surface area contributed by atoms with Crippen LogP contribution in [-0.2, 0) is 0 Å². The molecule has 94 valence electrons. The van der Waals surface area contributed by atoms with Gasteiger partial charge in [-0.25, -0.2) is 4.98 Å². The first-order valence-electron chi connectivity index (χ1n) is 5.96. The second-order valence-corrected chi connectivity index (χ2v) is 5.75. The van der Waals surface area contributed by atoms with Gasteiger partial charge in [0.15, 0.2) is 0 Å². The van der Waals surface area contributed by atoms with Crippen molar-refractivity contribution in [3.05, 3.63) is 16.1 Å². The number of thiazole rings is 1. The highest BCUT2D eigenvalue weighted by Gasteiger charge is 2.27. The fourth-order valence-electron chi connectivity index (χ4n) is 2.41. The molecule has 1 amide bonds. The van der Waals surface area contributed by atoms with E-state index in [-0.39, 0.29) is 5.91 Å². The summed E-state index contributed by atoms with van der Waals surface area (Å²) in [5, 5.41) is 3.00. The minimum Gasteiger partial charge on any atom is -0.351 e. The van der Waals surface area contributed by atoms with Gasteiger partial charge in [-0.15, -0.1) is 22.9 Å². The number of aryl methyl sites for hydroxylation is 1. The number of halogens is 1. The smallest absolute Gasteiger partial charge is 0.263 e. The molecule has 0 bridgehead atoms. The van der Waals surface area contributed by atoms with Crippen LogP contribution >= 0.6 is 22.9 Å². The van der Waals surface area contributed by atoms with E-state index in [1.165, 1.54) is 30.6 Å². The first kappa shape index (κ1) is 12.8. The molecule has 2 unspecified atom stereocenters. The standard InChI is InChI=1S/C12H17ClN2OS/c1-8-11(17-7-15-8)12(16)14-6-10-4-2-3-9(10)5-13/h7,9-10H,2-6H2,1H3,(H,14,16). The second-order valence-electron chi connectivity index (χ2n) is 4.58. The van der Waals surface area contributed by atoms with E-state index in [2.05, 4.69) is 10.3 Å². The first-order valence-corrected chi connectivity index (χ1v) is 7.38. The maximum Gasteiger partial charge on any atom is 0.263 e. The second kappa shape index (κ2) is 5.83. The van der Waals surface area contributed by atoms with Gasteiger partial charge in [0, 0.05) is 12.4 Å². The van der Waals surface area contributed by atoms with Crippen molar-refractivity contribution in [2.24, 2.45) is 11.8 Å². The molecule has 1 aromatic heterocycles. The van der Waals surface area contributed by atoms with Gasteiger partial charge in [0.1, 0.15) is 4.88 Å². The fraction of sp³-hybridized carbons (Fsp3) is 0.667. The average molecular weight is 273 g/mol. The van der Waals surface area contributed by atoms with Crippen LogP contribution in [0.4, 0.5) is 0 Å². The molecule has 5 heteroatoms. The van der Waals surface area contributed by atoms with Crippen LogP contribution in [0.1, 0.15) is 34.6 Å². The summed E-state index contributed by atoms with van der Waals surface area (Å²) >= 11 is 7.32. The average Bonchev–Trinajstić information content (AvgIpc) is 2.94. The number of hydrogen-bond acceptors (Lipinski definition) is 3. The molecule has 0 aromatic carbocycles. The van der Waals surface area contributed by atoms with Crippen LogP contribution in [0.15, 0.2) is 5.51 Å². The summed E-state index contributed by atoms with van der Waals surface area (Å²) in [5.41, 5.74) is 2.52. The van der Waals surface area contributed by atoms with Crippen LogP contribution in [-0.4, -0.2) is 23.3 Å². The van der Waals surface area contributed by atoms with Crippen LogP contribution in [0.3, 0.4) is 0 Å². The SMILES string of the molecule is Cc1ncsc1C(=O)NCC1CCCC1CCl. The van der Waals surface area contributed by atoms with Gasteiger partial charge in [0.05, 0.1) is 11.2 Å². The van der Waals surface area contributed by atoms with Gasteiger partial charge in [-0.2, -0.15) is 0 Å². The molecule has 3 nitrogen and oxygen atoms in total. The summed E-state index contributed by atoms with van der Waals surface area (Å²) in [6.45, 7) is 2.61. The van der Waals surface area contributed by atoms with Crippen molar-refractivity contribution in [3.8, 4) is 0 Å². The maximum atomic E-state index is 11.9. The van der Waals surface area contributed by atoms with Crippen molar-refractivity contribution in [1.29, 1.82) is 0 Å². The van der Waals surface area contributed by atoms with Gasteiger partial charge in [-0.05, 0) is 31.6 Å². The quantitative estimate of drug-likeness (QED) is 0.857. The summed E-state index contributed by atoms with van der Waals surface area (Å²) in [4.78, 5) is 16.7. The highest BCUT2D eigenvalue weighted by Crippen LogP contribution is 2.32. The Bertz CT molecular complexity index is 394. The fourth-order valence-corrected chi connectivity index (χ4v) is 3.53. The summed E-state index contributed by atoms with van der Waals surface area (Å²) in [6.07, 6.45) is 3.61. The van der Waals surface area contributed by atoms with Crippen molar-refractivity contribution in [2.45, 2.75) is 26.2 Å². The molecule has 1 aromatic rings. The van der Waals surface area contributed by atoms with Gasteiger partial charge in [-0.1, -0.05) is 6.42 Å². The third kappa shape index (κ3) is 2.99. The lowest BCUT2D eigenvalue weighted by Crippen LogP contribution is -2.31. The van der Waals surface area contributed by atoms with Crippen LogP contribution < -0.4 is 5.32 Å². The summed E-state index contributed by atoms with van der Waals surface area (Å²) < 4.78 is 0. The van der Waals surface area contributed by atoms with E-state index in [0.29, 0.717) is 17.7 Å². The first-order chi connectivity index (χ1) is 8.22. The number of nitrogens with zero attached hydrogens (tertiary/aromatic N) is 1. The summed E-state index contributed by atoms with van der Waals surface area (Å²) in [7, 11) is 0. The Kier molecular flexibility index (Phi) is 4.40. The molecule has 1 saturated carbocycles. The monoisotopic (exact) mass is 272 g/mol. The van der Waals surface area contributed by atoms with Crippen LogP contribution in [0.25, 0.3) is 0 Å². The summed E-state index contributed by atoms with van der Waals surface area (Å²) in [6, 6.07) is 0. The third-order valence-corrected chi connectivity index (χ3v) is 4.81. The Balaban J connectivity index is 1.86. The van der Waals surface area contributed by atoms with E-state index in [1.807, 2.05) is 6.92 Å². The molecule has 0 aliphatic heterocycles. The number of alkyl halides is 1. The largest absolute Gasteiger partial charge is 0.351 e. The van der Waals surface area contributed by atoms with Gasteiger partial charge in [0.25, 0.3) is 5.91 Å². The molecule has 2 atom stereocenters. The number of nitrogens with one attached hydrogen (secondary N) is 1. The lowest BCUT2D eigenvalue weighted by atomic mass is 9.98. The molecular formula is C12H17ClN2OS. The minimum atomic E-state index is 0.00484. The number of rotatable bonds is 4. The lowest BCUT2D eigenvalue weighted by Gasteiger charge is -2.17. The predicted octanol–water partition coefficient (Wildman–Crippen LogP) is 2.84. The molecule has 1 fully saturated rings. The molecule has 1 aliphatic rings. The Morgan fingerprint density at radius 2 is 2.35 bits per heavy atom. The Hall–Kier alpha value is -0.610. The van der Waals surface area contributed by atoms with E-state index in [9.17, 15) is 4.79 Å². The molecule has 1 aliphatic carbocycles. The molecule has 1 N–H and O–H groups in total. The van der Waals surface area contributed by atoms with E-state index in [1.54, 1.807) is 5.51 Å². The number of hydrogen-bond donors (Lipinski definition) is 1. The molecule has 0 spiro atoms. The number of carbonyl (C=O) groups excluding carboxylic acids is 1. The zero-order valence-corrected chi connectivity index (χ0v) is 11.5. The maximum absolute atomic E-state index is 11.9. The van der Waals surface area contributed by atoms with Crippen LogP contribution in [0.2, 0.25) is 0 Å². The highest BCUT2D eigenvalue weighted by molar-refractivity contribution is 7.11. The molecular weight excluding hydrogens is 256 g/mol. The van der Waals surface area contributed by atoms with Crippen molar-refractivity contribution in [1.82, 2.24) is 10.3 Å². The zero-order chi connectivity index (χ0) is 12.3. The van der Waals surface area contributed by atoms with Gasteiger partial charge in [0.2, 0.25) is 0 Å². The summed E-state index contributed by atoms with van der Waals surface area (Å²) in [5.74, 6) is 1.83. The van der Waals surface area contributed by atoms with E-state index >= 15 is 0 Å². The van der Waals surface area contributed by atoms with Crippen LogP contribution in [0.5, 0.6) is 0 Å². The normalized spacial score (nSPS) is 23.9. The van der Waals surface area contributed by atoms with Crippen LogP contribution in [0, 0.1) is 18.8 Å². The van der Waals surface area contributed by atoms with Gasteiger partial charge >= 0.3 is 0 Å². The van der Waals surface area contributed by atoms with Crippen molar-refractivity contribution in [2.75, 3.05) is 12.4 Å². The molecule has 2 rings (SSSR count). The number of amides is 1. The topological polar surface area (TPSA) is 42.0 Å². The lowest BCUT2D eigenvalue weighted by molar-refractivity contribution is 0.0948.